The van der Waals surface area contributed by atoms with Crippen LogP contribution in [0.5, 0.6) is 0 Å². The van der Waals surface area contributed by atoms with Crippen molar-refractivity contribution in [3.8, 4) is 5.69 Å². The molecule has 1 aromatic heterocycles. The van der Waals surface area contributed by atoms with Crippen LogP contribution in [-0.2, 0) is 11.3 Å². The number of hydrogen-bond donors (Lipinski definition) is 0. The molecular weight excluding hydrogens is 356 g/mol. The Kier molecular flexibility index (Phi) is 5.73. The summed E-state index contributed by atoms with van der Waals surface area (Å²) in [5.41, 5.74) is 1.97. The van der Waals surface area contributed by atoms with E-state index >= 15 is 0 Å². The van der Waals surface area contributed by atoms with Crippen LogP contribution in [0.1, 0.15) is 5.56 Å². The van der Waals surface area contributed by atoms with Gasteiger partial charge in [-0.3, -0.25) is 9.36 Å². The van der Waals surface area contributed by atoms with Gasteiger partial charge in [0.15, 0.2) is 5.16 Å². The zero-order valence-electron chi connectivity index (χ0n) is 13.7. The topological polar surface area (TPSA) is 51.0 Å². The molecule has 1 heterocycles. The van der Waals surface area contributed by atoms with Crippen LogP contribution in [0.15, 0.2) is 66.1 Å². The summed E-state index contributed by atoms with van der Waals surface area (Å²) in [7, 11) is 1.80. The molecule has 0 atom stereocenters. The normalized spacial score (nSPS) is 10.6. The predicted molar refractivity (Wildman–Crippen MR) is 100 cm³/mol. The van der Waals surface area contributed by atoms with Crippen molar-refractivity contribution in [3.05, 3.63) is 71.5 Å². The molecule has 7 heteroatoms. The van der Waals surface area contributed by atoms with Gasteiger partial charge in [0, 0.05) is 18.6 Å². The predicted octanol–water partition coefficient (Wildman–Crippen LogP) is 3.67. The largest absolute Gasteiger partial charge is 0.341 e. The summed E-state index contributed by atoms with van der Waals surface area (Å²) in [6.45, 7) is 0.585. The highest BCUT2D eigenvalue weighted by Crippen LogP contribution is 2.22. The maximum Gasteiger partial charge on any atom is 0.233 e. The van der Waals surface area contributed by atoms with E-state index in [-0.39, 0.29) is 5.91 Å². The van der Waals surface area contributed by atoms with Crippen LogP contribution >= 0.6 is 23.4 Å². The second-order valence-corrected chi connectivity index (χ2v) is 6.87. The third kappa shape index (κ3) is 4.61. The van der Waals surface area contributed by atoms with Gasteiger partial charge in [-0.1, -0.05) is 59.8 Å². The first kappa shape index (κ1) is 17.5. The van der Waals surface area contributed by atoms with Gasteiger partial charge >= 0.3 is 0 Å². The second-order valence-electron chi connectivity index (χ2n) is 5.49. The molecule has 0 bridgehead atoms. The van der Waals surface area contributed by atoms with Crippen LogP contribution in [0.3, 0.4) is 0 Å². The number of aromatic nitrogens is 3. The number of rotatable bonds is 6. The zero-order valence-corrected chi connectivity index (χ0v) is 15.2. The molecule has 3 aromatic rings. The van der Waals surface area contributed by atoms with Crippen LogP contribution in [0.2, 0.25) is 5.02 Å². The Hall–Kier alpha value is -2.31. The van der Waals surface area contributed by atoms with Crippen LogP contribution in [0, 0.1) is 0 Å². The first-order valence-corrected chi connectivity index (χ1v) is 9.06. The van der Waals surface area contributed by atoms with Crippen LogP contribution in [0.25, 0.3) is 5.69 Å². The van der Waals surface area contributed by atoms with E-state index in [0.717, 1.165) is 11.3 Å². The molecule has 0 N–H and O–H groups in total. The molecule has 0 unspecified atom stereocenters. The monoisotopic (exact) mass is 372 g/mol. The van der Waals surface area contributed by atoms with Crippen molar-refractivity contribution < 1.29 is 4.79 Å². The van der Waals surface area contributed by atoms with Crippen molar-refractivity contribution in [1.82, 2.24) is 19.7 Å². The number of thioether (sulfide) groups is 1. The standard InChI is InChI=1S/C18H17ClN4OS/c1-22(11-14-6-3-2-4-7-14)17(24)12-25-18-21-20-13-23(18)16-9-5-8-15(19)10-16/h2-10,13H,11-12H2,1H3. The highest BCUT2D eigenvalue weighted by molar-refractivity contribution is 7.99. The SMILES string of the molecule is CN(Cc1ccccc1)C(=O)CSc1nncn1-c1cccc(Cl)c1. The molecule has 0 fully saturated rings. The molecule has 0 aliphatic rings. The van der Waals surface area contributed by atoms with Crippen molar-refractivity contribution in [2.24, 2.45) is 0 Å². The van der Waals surface area contributed by atoms with Gasteiger partial charge in [-0.05, 0) is 23.8 Å². The number of nitrogens with zero attached hydrogens (tertiary/aromatic N) is 4. The van der Waals surface area contributed by atoms with E-state index in [1.54, 1.807) is 18.3 Å². The van der Waals surface area contributed by atoms with Gasteiger partial charge in [0.1, 0.15) is 6.33 Å². The van der Waals surface area contributed by atoms with Gasteiger partial charge in [0.05, 0.1) is 11.4 Å². The summed E-state index contributed by atoms with van der Waals surface area (Å²) in [5.74, 6) is 0.331. The maximum absolute atomic E-state index is 12.4. The Labute approximate surface area is 155 Å². The number of benzene rings is 2. The number of hydrogen-bond acceptors (Lipinski definition) is 4. The number of carbonyl (C=O) groups is 1. The Morgan fingerprint density at radius 1 is 1.20 bits per heavy atom. The summed E-state index contributed by atoms with van der Waals surface area (Å²) in [6, 6.07) is 17.3. The highest BCUT2D eigenvalue weighted by Gasteiger charge is 2.13. The minimum atomic E-state index is 0.0366. The molecule has 0 saturated carbocycles. The van der Waals surface area contributed by atoms with E-state index in [4.69, 9.17) is 11.6 Å². The third-order valence-electron chi connectivity index (χ3n) is 3.62. The molecular formula is C18H17ClN4OS. The molecule has 0 aliphatic heterocycles. The minimum absolute atomic E-state index is 0.0366. The van der Waals surface area contributed by atoms with Crippen LogP contribution in [-0.4, -0.2) is 38.4 Å². The Balaban J connectivity index is 1.62. The molecule has 25 heavy (non-hydrogen) atoms. The van der Waals surface area contributed by atoms with Gasteiger partial charge in [-0.2, -0.15) is 0 Å². The first-order chi connectivity index (χ1) is 12.1. The number of halogens is 1. The summed E-state index contributed by atoms with van der Waals surface area (Å²) in [6.07, 6.45) is 1.62. The fourth-order valence-corrected chi connectivity index (χ4v) is 3.36. The first-order valence-electron chi connectivity index (χ1n) is 7.70. The second kappa shape index (κ2) is 8.18. The molecule has 5 nitrogen and oxygen atoms in total. The lowest BCUT2D eigenvalue weighted by Gasteiger charge is -2.17. The van der Waals surface area contributed by atoms with Crippen molar-refractivity contribution >= 4 is 29.3 Å². The Bertz CT molecular complexity index is 853. The lowest BCUT2D eigenvalue weighted by molar-refractivity contribution is -0.127. The van der Waals surface area contributed by atoms with Gasteiger partial charge in [-0.25, -0.2) is 0 Å². The number of amides is 1. The fraction of sp³-hybridized carbons (Fsp3) is 0.167. The Morgan fingerprint density at radius 2 is 2.00 bits per heavy atom. The van der Waals surface area contributed by atoms with Crippen LogP contribution < -0.4 is 0 Å². The fourth-order valence-electron chi connectivity index (χ4n) is 2.31. The van der Waals surface area contributed by atoms with E-state index in [1.165, 1.54) is 11.8 Å². The average Bonchev–Trinajstić information content (AvgIpc) is 3.09. The molecule has 0 saturated heterocycles. The summed E-state index contributed by atoms with van der Waals surface area (Å²) in [5, 5.41) is 9.34. The summed E-state index contributed by atoms with van der Waals surface area (Å²) in [4.78, 5) is 14.1. The van der Waals surface area contributed by atoms with Crippen LogP contribution in [0.4, 0.5) is 0 Å². The maximum atomic E-state index is 12.4. The number of carbonyl (C=O) groups excluding carboxylic acids is 1. The highest BCUT2D eigenvalue weighted by atomic mass is 35.5. The van der Waals surface area contributed by atoms with E-state index in [0.29, 0.717) is 22.5 Å². The third-order valence-corrected chi connectivity index (χ3v) is 4.78. The van der Waals surface area contributed by atoms with Gasteiger partial charge in [-0.15, -0.1) is 10.2 Å². The molecule has 2 aromatic carbocycles. The average molecular weight is 373 g/mol. The lowest BCUT2D eigenvalue weighted by Crippen LogP contribution is -2.27. The van der Waals surface area contributed by atoms with Gasteiger partial charge in [0.25, 0.3) is 0 Å². The summed E-state index contributed by atoms with van der Waals surface area (Å²) >= 11 is 7.39. The zero-order chi connectivity index (χ0) is 17.6. The molecule has 0 spiro atoms. The van der Waals surface area contributed by atoms with Crippen molar-refractivity contribution in [2.45, 2.75) is 11.7 Å². The van der Waals surface area contributed by atoms with E-state index in [9.17, 15) is 4.79 Å². The smallest absolute Gasteiger partial charge is 0.233 e. The minimum Gasteiger partial charge on any atom is -0.341 e. The molecule has 128 valence electrons. The molecule has 0 aliphatic carbocycles. The lowest BCUT2D eigenvalue weighted by atomic mass is 10.2. The molecule has 1 amide bonds. The molecule has 3 rings (SSSR count). The molecule has 0 radical (unpaired) electrons. The van der Waals surface area contributed by atoms with Gasteiger partial charge in [0.2, 0.25) is 5.91 Å². The quantitative estimate of drug-likeness (QED) is 0.619. The summed E-state index contributed by atoms with van der Waals surface area (Å²) < 4.78 is 1.82. The van der Waals surface area contributed by atoms with Crippen molar-refractivity contribution in [3.63, 3.8) is 0 Å². The van der Waals surface area contributed by atoms with E-state index < -0.39 is 0 Å². The van der Waals surface area contributed by atoms with E-state index in [1.807, 2.05) is 59.2 Å². The van der Waals surface area contributed by atoms with Gasteiger partial charge < -0.3 is 4.90 Å². The van der Waals surface area contributed by atoms with E-state index in [2.05, 4.69) is 10.2 Å². The van der Waals surface area contributed by atoms with Crippen molar-refractivity contribution in [2.75, 3.05) is 12.8 Å². The Morgan fingerprint density at radius 3 is 2.76 bits per heavy atom. The van der Waals surface area contributed by atoms with Crippen molar-refractivity contribution in [1.29, 1.82) is 0 Å².